The summed E-state index contributed by atoms with van der Waals surface area (Å²) in [6, 6.07) is 2.35. The fraction of sp³-hybridized carbons (Fsp3) is 0.429. The second-order valence-electron chi connectivity index (χ2n) is 4.45. The normalized spacial score (nSPS) is 10.4. The Morgan fingerprint density at radius 2 is 1.75 bits per heavy atom. The van der Waals surface area contributed by atoms with Gasteiger partial charge in [-0.2, -0.15) is 0 Å². The number of carbonyl (C=O) groups is 2. The molecule has 2 N–H and O–H groups in total. The molecule has 110 valence electrons. The standard InChI is InChI=1S/C14H18O6/c1-4-19-12(17)7-20-9-5-10(15)13(11(16)6-9)14(18)8(2)3/h5-6,8,15-16H,4,7H2,1-3H3. The monoisotopic (exact) mass is 282 g/mol. The molecular weight excluding hydrogens is 264 g/mol. The first-order chi connectivity index (χ1) is 9.36. The molecule has 6 heteroatoms. The average Bonchev–Trinajstić information content (AvgIpc) is 2.35. The summed E-state index contributed by atoms with van der Waals surface area (Å²) >= 11 is 0. The van der Waals surface area contributed by atoms with Crippen molar-refractivity contribution in [3.05, 3.63) is 17.7 Å². The number of hydrogen-bond donors (Lipinski definition) is 2. The molecule has 1 aromatic rings. The van der Waals surface area contributed by atoms with Gasteiger partial charge in [-0.3, -0.25) is 4.79 Å². The molecule has 1 aromatic carbocycles. The second kappa shape index (κ2) is 6.79. The predicted octanol–water partition coefficient (Wildman–Crippen LogP) is 1.88. The van der Waals surface area contributed by atoms with Crippen molar-refractivity contribution in [2.45, 2.75) is 20.8 Å². The van der Waals surface area contributed by atoms with Crippen LogP contribution in [0.5, 0.6) is 17.2 Å². The van der Waals surface area contributed by atoms with Gasteiger partial charge in [-0.25, -0.2) is 4.79 Å². The van der Waals surface area contributed by atoms with Crippen molar-refractivity contribution in [1.29, 1.82) is 0 Å². The summed E-state index contributed by atoms with van der Waals surface area (Å²) in [7, 11) is 0. The topological polar surface area (TPSA) is 93.1 Å². The van der Waals surface area contributed by atoms with Crippen molar-refractivity contribution in [3.8, 4) is 17.2 Å². The maximum atomic E-state index is 11.8. The molecule has 0 saturated heterocycles. The van der Waals surface area contributed by atoms with Gasteiger partial charge in [0.1, 0.15) is 22.8 Å². The van der Waals surface area contributed by atoms with Gasteiger partial charge in [-0.1, -0.05) is 13.8 Å². The number of carbonyl (C=O) groups excluding carboxylic acids is 2. The van der Waals surface area contributed by atoms with Gasteiger partial charge in [-0.15, -0.1) is 0 Å². The van der Waals surface area contributed by atoms with Gasteiger partial charge in [0.2, 0.25) is 0 Å². The Morgan fingerprint density at radius 3 is 2.20 bits per heavy atom. The highest BCUT2D eigenvalue weighted by Gasteiger charge is 2.20. The molecular formula is C14H18O6. The maximum absolute atomic E-state index is 11.8. The number of aromatic hydroxyl groups is 2. The van der Waals surface area contributed by atoms with Gasteiger partial charge in [0, 0.05) is 18.1 Å². The molecule has 0 aliphatic heterocycles. The molecule has 0 amide bonds. The Hall–Kier alpha value is -2.24. The Labute approximate surface area is 116 Å². The summed E-state index contributed by atoms with van der Waals surface area (Å²) in [4.78, 5) is 22.9. The number of Topliss-reactive ketones (excluding diaryl/α,β-unsaturated/α-hetero) is 1. The molecule has 0 unspecified atom stereocenters. The van der Waals surface area contributed by atoms with Crippen LogP contribution in [-0.4, -0.2) is 35.2 Å². The van der Waals surface area contributed by atoms with Crippen LogP contribution < -0.4 is 4.74 Å². The largest absolute Gasteiger partial charge is 0.507 e. The Morgan fingerprint density at radius 1 is 1.20 bits per heavy atom. The molecule has 0 saturated carbocycles. The second-order valence-corrected chi connectivity index (χ2v) is 4.45. The third kappa shape index (κ3) is 3.88. The van der Waals surface area contributed by atoms with Crippen molar-refractivity contribution < 1.29 is 29.3 Å². The van der Waals surface area contributed by atoms with Crippen molar-refractivity contribution in [2.24, 2.45) is 5.92 Å². The molecule has 0 atom stereocenters. The molecule has 0 radical (unpaired) electrons. The number of benzene rings is 1. The first kappa shape index (κ1) is 15.8. The molecule has 0 fully saturated rings. The Kier molecular flexibility index (Phi) is 5.37. The first-order valence-electron chi connectivity index (χ1n) is 6.25. The minimum atomic E-state index is -0.561. The van der Waals surface area contributed by atoms with E-state index in [-0.39, 0.29) is 47.7 Å². The molecule has 0 heterocycles. The number of phenols is 2. The van der Waals surface area contributed by atoms with E-state index in [2.05, 4.69) is 4.74 Å². The van der Waals surface area contributed by atoms with Crippen LogP contribution >= 0.6 is 0 Å². The van der Waals surface area contributed by atoms with E-state index in [9.17, 15) is 19.8 Å². The van der Waals surface area contributed by atoms with Gasteiger partial charge >= 0.3 is 5.97 Å². The number of ether oxygens (including phenoxy) is 2. The zero-order chi connectivity index (χ0) is 15.3. The highest BCUT2D eigenvalue weighted by Crippen LogP contribution is 2.34. The van der Waals surface area contributed by atoms with Crippen molar-refractivity contribution in [2.75, 3.05) is 13.2 Å². The third-order valence-corrected chi connectivity index (χ3v) is 2.50. The summed E-state index contributed by atoms with van der Waals surface area (Å²) in [5.41, 5.74) is -0.150. The number of rotatable bonds is 6. The molecule has 1 rings (SSSR count). The van der Waals surface area contributed by atoms with E-state index >= 15 is 0 Å². The molecule has 20 heavy (non-hydrogen) atoms. The van der Waals surface area contributed by atoms with E-state index < -0.39 is 5.97 Å². The van der Waals surface area contributed by atoms with Gasteiger partial charge in [-0.05, 0) is 6.92 Å². The van der Waals surface area contributed by atoms with Gasteiger partial charge in [0.15, 0.2) is 12.4 Å². The summed E-state index contributed by atoms with van der Waals surface area (Å²) in [5.74, 6) is -2.00. The summed E-state index contributed by atoms with van der Waals surface area (Å²) in [6.07, 6.45) is 0. The molecule has 0 aliphatic carbocycles. The van der Waals surface area contributed by atoms with E-state index in [4.69, 9.17) is 4.74 Å². The molecule has 0 aliphatic rings. The fourth-order valence-corrected chi connectivity index (χ4v) is 1.56. The van der Waals surface area contributed by atoms with Crippen molar-refractivity contribution in [1.82, 2.24) is 0 Å². The predicted molar refractivity (Wildman–Crippen MR) is 71.1 cm³/mol. The lowest BCUT2D eigenvalue weighted by Gasteiger charge is -2.11. The van der Waals surface area contributed by atoms with Gasteiger partial charge < -0.3 is 19.7 Å². The number of phenolic OH excluding ortho intramolecular Hbond substituents is 2. The first-order valence-corrected chi connectivity index (χ1v) is 6.25. The lowest BCUT2D eigenvalue weighted by molar-refractivity contribution is -0.145. The Bertz CT molecular complexity index is 483. The van der Waals surface area contributed by atoms with Crippen LogP contribution in [0.1, 0.15) is 31.1 Å². The molecule has 6 nitrogen and oxygen atoms in total. The SMILES string of the molecule is CCOC(=O)COc1cc(O)c(C(=O)C(C)C)c(O)c1. The minimum Gasteiger partial charge on any atom is -0.507 e. The number of hydrogen-bond acceptors (Lipinski definition) is 6. The molecule has 0 bridgehead atoms. The molecule has 0 aromatic heterocycles. The van der Waals surface area contributed by atoms with Crippen molar-refractivity contribution >= 4 is 11.8 Å². The van der Waals surface area contributed by atoms with Crippen LogP contribution in [0.15, 0.2) is 12.1 Å². The van der Waals surface area contributed by atoms with Crippen LogP contribution in [0.25, 0.3) is 0 Å². The zero-order valence-corrected chi connectivity index (χ0v) is 11.7. The fourth-order valence-electron chi connectivity index (χ4n) is 1.56. The van der Waals surface area contributed by atoms with Crippen LogP contribution in [0.4, 0.5) is 0 Å². The van der Waals surface area contributed by atoms with E-state index in [0.29, 0.717) is 0 Å². The third-order valence-electron chi connectivity index (χ3n) is 2.50. The van der Waals surface area contributed by atoms with Gasteiger partial charge in [0.05, 0.1) is 6.61 Å². The maximum Gasteiger partial charge on any atom is 0.344 e. The summed E-state index contributed by atoms with van der Waals surface area (Å²) in [6.45, 7) is 4.88. The lowest BCUT2D eigenvalue weighted by atomic mass is 9.99. The van der Waals surface area contributed by atoms with E-state index in [1.165, 1.54) is 12.1 Å². The highest BCUT2D eigenvalue weighted by molar-refractivity contribution is 6.02. The van der Waals surface area contributed by atoms with Crippen LogP contribution in [0.3, 0.4) is 0 Å². The minimum absolute atomic E-state index is 0.0772. The number of ketones is 1. The Balaban J connectivity index is 2.88. The van der Waals surface area contributed by atoms with E-state index in [1.54, 1.807) is 20.8 Å². The van der Waals surface area contributed by atoms with Crippen LogP contribution in [-0.2, 0) is 9.53 Å². The zero-order valence-electron chi connectivity index (χ0n) is 11.7. The van der Waals surface area contributed by atoms with E-state index in [0.717, 1.165) is 0 Å². The smallest absolute Gasteiger partial charge is 0.344 e. The van der Waals surface area contributed by atoms with Crippen molar-refractivity contribution in [3.63, 3.8) is 0 Å². The van der Waals surface area contributed by atoms with Crippen LogP contribution in [0, 0.1) is 5.92 Å². The summed E-state index contributed by atoms with van der Waals surface area (Å²) in [5, 5.41) is 19.6. The summed E-state index contributed by atoms with van der Waals surface area (Å²) < 4.78 is 9.75. The van der Waals surface area contributed by atoms with Crippen LogP contribution in [0.2, 0.25) is 0 Å². The molecule has 0 spiro atoms. The highest BCUT2D eigenvalue weighted by atomic mass is 16.6. The number of esters is 1. The quantitative estimate of drug-likeness (QED) is 0.611. The average molecular weight is 282 g/mol. The lowest BCUT2D eigenvalue weighted by Crippen LogP contribution is -2.14. The van der Waals surface area contributed by atoms with E-state index in [1.807, 2.05) is 0 Å². The van der Waals surface area contributed by atoms with Gasteiger partial charge in [0.25, 0.3) is 0 Å².